The third-order valence-electron chi connectivity index (χ3n) is 4.63. The lowest BCUT2D eigenvalue weighted by Crippen LogP contribution is -2.35. The number of hydrogen-bond acceptors (Lipinski definition) is 6. The summed E-state index contributed by atoms with van der Waals surface area (Å²) >= 11 is 0. The molecule has 0 bridgehead atoms. The molecule has 30 heavy (non-hydrogen) atoms. The number of nitrogens with one attached hydrogen (secondary N) is 1. The van der Waals surface area contributed by atoms with Crippen molar-refractivity contribution < 1.29 is 23.4 Å². The van der Waals surface area contributed by atoms with Crippen molar-refractivity contribution in [2.24, 2.45) is 7.05 Å². The quantitative estimate of drug-likeness (QED) is 0.584. The lowest BCUT2D eigenvalue weighted by atomic mass is 9.96. The fourth-order valence-corrected chi connectivity index (χ4v) is 2.86. The van der Waals surface area contributed by atoms with Gasteiger partial charge in [0, 0.05) is 12.6 Å². The van der Waals surface area contributed by atoms with E-state index in [1.165, 1.54) is 17.9 Å². The van der Waals surface area contributed by atoms with Gasteiger partial charge in [0.1, 0.15) is 11.2 Å². The van der Waals surface area contributed by atoms with E-state index in [1.54, 1.807) is 44.2 Å². The van der Waals surface area contributed by atoms with Crippen LogP contribution in [-0.4, -0.2) is 43.6 Å². The van der Waals surface area contributed by atoms with E-state index in [-0.39, 0.29) is 16.7 Å². The van der Waals surface area contributed by atoms with Gasteiger partial charge in [-0.25, -0.2) is 9.97 Å². The standard InChI is InChI=1S/C20H21F3N4O3/c1-19(2,30)12-6-4-11(5-7-12)13-8-14-16(18(29)27(3)10-25-14)17(26-13)24-9-15(28)20(21,22)23/h4-8,10,15,28,30H,9H2,1-3H3,(H,24,26)/t15-/m1/s1. The van der Waals surface area contributed by atoms with Crippen LogP contribution in [0.4, 0.5) is 19.0 Å². The molecular weight excluding hydrogens is 401 g/mol. The molecule has 2 aromatic heterocycles. The van der Waals surface area contributed by atoms with Gasteiger partial charge in [-0.1, -0.05) is 24.3 Å². The number of rotatable bonds is 5. The van der Waals surface area contributed by atoms with E-state index < -0.39 is 30.0 Å². The largest absolute Gasteiger partial charge is 0.416 e. The zero-order valence-corrected chi connectivity index (χ0v) is 16.5. The first-order valence-corrected chi connectivity index (χ1v) is 9.06. The third kappa shape index (κ3) is 4.44. The number of pyridine rings is 1. The minimum absolute atomic E-state index is 0.0197. The predicted octanol–water partition coefficient (Wildman–Crippen LogP) is 2.56. The molecule has 7 nitrogen and oxygen atoms in total. The average molecular weight is 422 g/mol. The smallest absolute Gasteiger partial charge is 0.386 e. The second kappa shape index (κ2) is 7.69. The highest BCUT2D eigenvalue weighted by Crippen LogP contribution is 2.28. The Balaban J connectivity index is 2.09. The number of hydrogen-bond donors (Lipinski definition) is 3. The maximum absolute atomic E-state index is 12.7. The molecule has 0 saturated carbocycles. The molecule has 10 heteroatoms. The van der Waals surface area contributed by atoms with Crippen molar-refractivity contribution in [1.82, 2.24) is 14.5 Å². The van der Waals surface area contributed by atoms with Gasteiger partial charge in [0.05, 0.1) is 29.7 Å². The maximum Gasteiger partial charge on any atom is 0.416 e. The fourth-order valence-electron chi connectivity index (χ4n) is 2.86. The Morgan fingerprint density at radius 3 is 2.40 bits per heavy atom. The number of nitrogens with zero attached hydrogens (tertiary/aromatic N) is 3. The molecule has 1 aromatic carbocycles. The SMILES string of the molecule is Cn1cnc2cc(-c3ccc(C(C)(C)O)cc3)nc(NC[C@@H](O)C(F)(F)F)c2c1=O. The highest BCUT2D eigenvalue weighted by molar-refractivity contribution is 5.91. The average Bonchev–Trinajstić information content (AvgIpc) is 2.67. The van der Waals surface area contributed by atoms with Crippen LogP contribution in [-0.2, 0) is 12.6 Å². The Labute approximate surface area is 169 Å². The number of aryl methyl sites for hydroxylation is 1. The van der Waals surface area contributed by atoms with Crippen LogP contribution in [0.2, 0.25) is 0 Å². The van der Waals surface area contributed by atoms with Crippen LogP contribution in [0.25, 0.3) is 22.2 Å². The maximum atomic E-state index is 12.7. The van der Waals surface area contributed by atoms with Crippen molar-refractivity contribution in [2.45, 2.75) is 31.7 Å². The molecule has 3 aromatic rings. The molecule has 2 heterocycles. The molecule has 0 saturated heterocycles. The molecule has 0 spiro atoms. The number of anilines is 1. The molecule has 0 amide bonds. The Morgan fingerprint density at radius 1 is 1.20 bits per heavy atom. The van der Waals surface area contributed by atoms with E-state index in [0.29, 0.717) is 16.8 Å². The predicted molar refractivity (Wildman–Crippen MR) is 106 cm³/mol. The lowest BCUT2D eigenvalue weighted by Gasteiger charge is -2.18. The first-order chi connectivity index (χ1) is 13.9. The molecule has 1 atom stereocenters. The van der Waals surface area contributed by atoms with Crippen molar-refractivity contribution in [2.75, 3.05) is 11.9 Å². The molecule has 0 unspecified atom stereocenters. The fraction of sp³-hybridized carbons (Fsp3) is 0.350. The van der Waals surface area contributed by atoms with Gasteiger partial charge in [-0.15, -0.1) is 0 Å². The molecule has 3 rings (SSSR count). The van der Waals surface area contributed by atoms with E-state index in [4.69, 9.17) is 0 Å². The molecule has 0 fully saturated rings. The summed E-state index contributed by atoms with van der Waals surface area (Å²) in [6.07, 6.45) is -6.12. The van der Waals surface area contributed by atoms with Crippen LogP contribution >= 0.6 is 0 Å². The summed E-state index contributed by atoms with van der Waals surface area (Å²) in [6.45, 7) is 2.42. The summed E-state index contributed by atoms with van der Waals surface area (Å²) in [7, 11) is 1.46. The minimum atomic E-state index is -4.81. The molecule has 0 aliphatic carbocycles. The number of aromatic nitrogens is 3. The number of aliphatic hydroxyl groups excluding tert-OH is 1. The van der Waals surface area contributed by atoms with Crippen LogP contribution < -0.4 is 10.9 Å². The van der Waals surface area contributed by atoms with Crippen LogP contribution in [0.15, 0.2) is 41.5 Å². The molecule has 0 aliphatic heterocycles. The molecule has 0 radical (unpaired) electrons. The lowest BCUT2D eigenvalue weighted by molar-refractivity contribution is -0.198. The Bertz CT molecular complexity index is 1120. The van der Waals surface area contributed by atoms with Gasteiger partial charge in [0.2, 0.25) is 0 Å². The number of alkyl halides is 3. The highest BCUT2D eigenvalue weighted by Gasteiger charge is 2.38. The summed E-state index contributed by atoms with van der Waals surface area (Å²) in [4.78, 5) is 21.0. The van der Waals surface area contributed by atoms with E-state index in [1.807, 2.05) is 0 Å². The van der Waals surface area contributed by atoms with Crippen molar-refractivity contribution in [3.05, 3.63) is 52.6 Å². The van der Waals surface area contributed by atoms with Gasteiger partial charge in [-0.2, -0.15) is 13.2 Å². The summed E-state index contributed by atoms with van der Waals surface area (Å²) in [6, 6.07) is 8.38. The van der Waals surface area contributed by atoms with Crippen LogP contribution in [0.5, 0.6) is 0 Å². The van der Waals surface area contributed by atoms with Crippen molar-refractivity contribution >= 4 is 16.7 Å². The van der Waals surface area contributed by atoms with Gasteiger partial charge in [0.15, 0.2) is 6.10 Å². The van der Waals surface area contributed by atoms with Gasteiger partial charge in [0.25, 0.3) is 5.56 Å². The normalized spacial score (nSPS) is 13.5. The molecular formula is C20H21F3N4O3. The summed E-state index contributed by atoms with van der Waals surface area (Å²) in [5.41, 5.74) is 0.384. The van der Waals surface area contributed by atoms with E-state index in [0.717, 1.165) is 0 Å². The number of benzene rings is 1. The highest BCUT2D eigenvalue weighted by atomic mass is 19.4. The number of aliphatic hydroxyl groups is 2. The molecule has 0 aliphatic rings. The Hall–Kier alpha value is -2.98. The summed E-state index contributed by atoms with van der Waals surface area (Å²) in [5.74, 6) is -0.105. The second-order valence-corrected chi connectivity index (χ2v) is 7.49. The zero-order chi connectivity index (χ0) is 22.3. The van der Waals surface area contributed by atoms with Gasteiger partial charge < -0.3 is 20.1 Å². The van der Waals surface area contributed by atoms with E-state index in [9.17, 15) is 28.2 Å². The van der Waals surface area contributed by atoms with Crippen LogP contribution in [0, 0.1) is 0 Å². The van der Waals surface area contributed by atoms with Crippen LogP contribution in [0.3, 0.4) is 0 Å². The van der Waals surface area contributed by atoms with Crippen molar-refractivity contribution in [3.8, 4) is 11.3 Å². The first kappa shape index (κ1) is 21.7. The van der Waals surface area contributed by atoms with Gasteiger partial charge >= 0.3 is 6.18 Å². The second-order valence-electron chi connectivity index (χ2n) is 7.49. The monoisotopic (exact) mass is 422 g/mol. The van der Waals surface area contributed by atoms with Gasteiger partial charge in [-0.05, 0) is 25.5 Å². The summed E-state index contributed by atoms with van der Waals surface area (Å²) in [5, 5.41) is 21.8. The summed E-state index contributed by atoms with van der Waals surface area (Å²) < 4.78 is 39.2. The van der Waals surface area contributed by atoms with E-state index >= 15 is 0 Å². The van der Waals surface area contributed by atoms with Gasteiger partial charge in [-0.3, -0.25) is 4.79 Å². The molecule has 3 N–H and O–H groups in total. The Kier molecular flexibility index (Phi) is 5.57. The van der Waals surface area contributed by atoms with Crippen molar-refractivity contribution in [3.63, 3.8) is 0 Å². The van der Waals surface area contributed by atoms with Crippen molar-refractivity contribution in [1.29, 1.82) is 0 Å². The first-order valence-electron chi connectivity index (χ1n) is 9.06. The van der Waals surface area contributed by atoms with Crippen LogP contribution in [0.1, 0.15) is 19.4 Å². The zero-order valence-electron chi connectivity index (χ0n) is 16.5. The molecule has 160 valence electrons. The minimum Gasteiger partial charge on any atom is -0.386 e. The third-order valence-corrected chi connectivity index (χ3v) is 4.63. The topological polar surface area (TPSA) is 100 Å². The number of fused-ring (bicyclic) bond motifs is 1. The van der Waals surface area contributed by atoms with E-state index in [2.05, 4.69) is 15.3 Å². The Morgan fingerprint density at radius 2 is 1.83 bits per heavy atom. The number of halogens is 3.